The van der Waals surface area contributed by atoms with Crippen LogP contribution in [-0.2, 0) is 0 Å². The molecule has 0 saturated heterocycles. The molecule has 3 rings (SSSR count). The van der Waals surface area contributed by atoms with Gasteiger partial charge in [0.2, 0.25) is 11.8 Å². The topological polar surface area (TPSA) is 73.9 Å². The first-order valence-corrected chi connectivity index (χ1v) is 7.04. The van der Waals surface area contributed by atoms with Gasteiger partial charge in [-0.1, -0.05) is 11.6 Å². The number of anilines is 1. The summed E-state index contributed by atoms with van der Waals surface area (Å²) in [4.78, 5) is 12.0. The van der Waals surface area contributed by atoms with Gasteiger partial charge in [-0.25, -0.2) is 15.0 Å². The van der Waals surface area contributed by atoms with Crippen LogP contribution >= 0.6 is 11.6 Å². The molecule has 3 aromatic heterocycles. The number of hydrogen-bond donors (Lipinski definition) is 1. The first-order chi connectivity index (χ1) is 11.1. The predicted octanol–water partition coefficient (Wildman–Crippen LogP) is 3.59. The molecule has 0 amide bonds. The first kappa shape index (κ1) is 15.2. The number of halogens is 2. The number of nitrogens with zero attached hydrogens (tertiary/aromatic N) is 3. The molecule has 0 radical (unpaired) electrons. The van der Waals surface area contributed by atoms with Crippen molar-refractivity contribution in [3.05, 3.63) is 53.7 Å². The van der Waals surface area contributed by atoms with Gasteiger partial charge in [0, 0.05) is 35.7 Å². The smallest absolute Gasteiger partial charge is 0.213 e. The summed E-state index contributed by atoms with van der Waals surface area (Å²) >= 11 is 6.32. The van der Waals surface area contributed by atoms with Crippen LogP contribution in [0.2, 0.25) is 5.02 Å². The van der Waals surface area contributed by atoms with Crippen LogP contribution in [0.4, 0.5) is 10.2 Å². The molecular formula is C16H12ClFN4O. The van der Waals surface area contributed by atoms with Crippen LogP contribution in [0, 0.1) is 5.95 Å². The molecule has 3 aromatic rings. The van der Waals surface area contributed by atoms with Gasteiger partial charge in [0.25, 0.3) is 0 Å². The number of pyridine rings is 3. The van der Waals surface area contributed by atoms with Crippen LogP contribution in [0.3, 0.4) is 0 Å². The van der Waals surface area contributed by atoms with Gasteiger partial charge < -0.3 is 10.5 Å². The normalized spacial score (nSPS) is 10.6. The number of nitrogen functional groups attached to an aromatic ring is 1. The summed E-state index contributed by atoms with van der Waals surface area (Å²) in [6.07, 6.45) is 2.96. The van der Waals surface area contributed by atoms with E-state index >= 15 is 0 Å². The lowest BCUT2D eigenvalue weighted by atomic mass is 10.0. The van der Waals surface area contributed by atoms with Gasteiger partial charge >= 0.3 is 0 Å². The Balaban J connectivity index is 2.22. The summed E-state index contributed by atoms with van der Waals surface area (Å²) in [7, 11) is 1.53. The quantitative estimate of drug-likeness (QED) is 0.743. The van der Waals surface area contributed by atoms with E-state index in [-0.39, 0.29) is 5.82 Å². The highest BCUT2D eigenvalue weighted by atomic mass is 35.5. The van der Waals surface area contributed by atoms with Crippen molar-refractivity contribution in [3.63, 3.8) is 0 Å². The fraction of sp³-hybridized carbons (Fsp3) is 0.0625. The van der Waals surface area contributed by atoms with Crippen molar-refractivity contribution in [2.45, 2.75) is 0 Å². The Morgan fingerprint density at radius 3 is 2.61 bits per heavy atom. The first-order valence-electron chi connectivity index (χ1n) is 6.67. The number of hydrogen-bond acceptors (Lipinski definition) is 5. The average molecular weight is 331 g/mol. The summed E-state index contributed by atoms with van der Waals surface area (Å²) in [5.74, 6) is 0.133. The van der Waals surface area contributed by atoms with Crippen molar-refractivity contribution in [2.75, 3.05) is 12.8 Å². The lowest BCUT2D eigenvalue weighted by Gasteiger charge is -2.12. The third-order valence-electron chi connectivity index (χ3n) is 3.23. The van der Waals surface area contributed by atoms with E-state index in [4.69, 9.17) is 22.1 Å². The van der Waals surface area contributed by atoms with Crippen molar-refractivity contribution in [3.8, 4) is 28.3 Å². The Morgan fingerprint density at radius 2 is 1.96 bits per heavy atom. The highest BCUT2D eigenvalue weighted by molar-refractivity contribution is 6.34. The van der Waals surface area contributed by atoms with Gasteiger partial charge in [-0.3, -0.25) is 0 Å². The molecule has 3 heterocycles. The Kier molecular flexibility index (Phi) is 4.08. The number of ether oxygens (including phenoxy) is 1. The molecular weight excluding hydrogens is 319 g/mol. The van der Waals surface area contributed by atoms with Gasteiger partial charge in [0.05, 0.1) is 17.8 Å². The van der Waals surface area contributed by atoms with E-state index in [1.807, 2.05) is 0 Å². The summed E-state index contributed by atoms with van der Waals surface area (Å²) in [6, 6.07) is 7.95. The average Bonchev–Trinajstić information content (AvgIpc) is 2.54. The van der Waals surface area contributed by atoms with Crippen molar-refractivity contribution >= 4 is 17.4 Å². The fourth-order valence-electron chi connectivity index (χ4n) is 2.21. The Bertz CT molecular complexity index is 855. The summed E-state index contributed by atoms with van der Waals surface area (Å²) in [6.45, 7) is 0. The number of nitrogens with two attached hydrogens (primary N) is 1. The van der Waals surface area contributed by atoms with Crippen LogP contribution in [0.25, 0.3) is 22.4 Å². The molecule has 0 unspecified atom stereocenters. The maximum atomic E-state index is 13.5. The minimum absolute atomic E-state index is 0.263. The van der Waals surface area contributed by atoms with E-state index in [0.717, 1.165) is 0 Å². The minimum atomic E-state index is -0.603. The van der Waals surface area contributed by atoms with Crippen LogP contribution < -0.4 is 10.5 Å². The number of aromatic nitrogens is 3. The number of methoxy groups -OCH3 is 1. The van der Waals surface area contributed by atoms with Gasteiger partial charge in [-0.2, -0.15) is 4.39 Å². The molecule has 2 N–H and O–H groups in total. The zero-order valence-electron chi connectivity index (χ0n) is 12.1. The predicted molar refractivity (Wildman–Crippen MR) is 86.6 cm³/mol. The lowest BCUT2D eigenvalue weighted by Crippen LogP contribution is -1.98. The second kappa shape index (κ2) is 6.18. The molecule has 0 aliphatic carbocycles. The molecule has 0 fully saturated rings. The SMILES string of the molecule is COc1ccc(-c2nc(N)cc(Cl)c2-c2ccnc(F)c2)cn1. The van der Waals surface area contributed by atoms with Crippen molar-refractivity contribution in [1.29, 1.82) is 0 Å². The molecule has 0 aliphatic heterocycles. The molecule has 0 aromatic carbocycles. The van der Waals surface area contributed by atoms with Gasteiger partial charge in [0.1, 0.15) is 5.82 Å². The van der Waals surface area contributed by atoms with Crippen LogP contribution in [0.1, 0.15) is 0 Å². The largest absolute Gasteiger partial charge is 0.481 e. The molecule has 0 spiro atoms. The van der Waals surface area contributed by atoms with Crippen molar-refractivity contribution in [2.24, 2.45) is 0 Å². The summed E-state index contributed by atoms with van der Waals surface area (Å²) < 4.78 is 18.5. The third kappa shape index (κ3) is 3.07. The lowest BCUT2D eigenvalue weighted by molar-refractivity contribution is 0.398. The van der Waals surface area contributed by atoms with Crippen molar-refractivity contribution in [1.82, 2.24) is 15.0 Å². The molecule has 0 aliphatic rings. The molecule has 5 nitrogen and oxygen atoms in total. The van der Waals surface area contributed by atoms with Gasteiger partial charge in [-0.15, -0.1) is 0 Å². The standard InChI is InChI=1S/C16H12ClFN4O/c1-23-14-3-2-10(8-21-14)16-15(11(17)7-13(19)22-16)9-4-5-20-12(18)6-9/h2-8H,1H3,(H2,19,22). The van der Waals surface area contributed by atoms with Crippen LogP contribution in [0.15, 0.2) is 42.7 Å². The van der Waals surface area contributed by atoms with E-state index in [9.17, 15) is 4.39 Å². The molecule has 23 heavy (non-hydrogen) atoms. The van der Waals surface area contributed by atoms with E-state index in [1.54, 1.807) is 24.4 Å². The van der Waals surface area contributed by atoms with Gasteiger partial charge in [-0.05, 0) is 23.8 Å². The van der Waals surface area contributed by atoms with E-state index in [2.05, 4.69) is 15.0 Å². The highest BCUT2D eigenvalue weighted by Crippen LogP contribution is 2.37. The van der Waals surface area contributed by atoms with Gasteiger partial charge in [0.15, 0.2) is 0 Å². The summed E-state index contributed by atoms with van der Waals surface area (Å²) in [5, 5.41) is 0.369. The zero-order chi connectivity index (χ0) is 16.4. The van der Waals surface area contributed by atoms with E-state index in [0.29, 0.717) is 33.3 Å². The zero-order valence-corrected chi connectivity index (χ0v) is 12.9. The molecule has 7 heteroatoms. The third-order valence-corrected chi connectivity index (χ3v) is 3.52. The number of rotatable bonds is 3. The molecule has 0 bridgehead atoms. The van der Waals surface area contributed by atoms with E-state index < -0.39 is 5.95 Å². The van der Waals surface area contributed by atoms with Crippen molar-refractivity contribution < 1.29 is 9.13 Å². The van der Waals surface area contributed by atoms with Crippen LogP contribution in [-0.4, -0.2) is 22.1 Å². The summed E-state index contributed by atoms with van der Waals surface area (Å²) in [5.41, 5.74) is 8.12. The molecule has 0 atom stereocenters. The van der Waals surface area contributed by atoms with E-state index in [1.165, 1.54) is 25.4 Å². The maximum absolute atomic E-state index is 13.5. The molecule has 0 saturated carbocycles. The highest BCUT2D eigenvalue weighted by Gasteiger charge is 2.16. The Morgan fingerprint density at radius 1 is 1.13 bits per heavy atom. The molecule has 116 valence electrons. The second-order valence-electron chi connectivity index (χ2n) is 4.71. The minimum Gasteiger partial charge on any atom is -0.481 e. The monoisotopic (exact) mass is 330 g/mol. The maximum Gasteiger partial charge on any atom is 0.213 e. The Labute approximate surface area is 136 Å². The Hall–Kier alpha value is -2.73. The fourth-order valence-corrected chi connectivity index (χ4v) is 2.53. The second-order valence-corrected chi connectivity index (χ2v) is 5.12. The van der Waals surface area contributed by atoms with Crippen LogP contribution in [0.5, 0.6) is 5.88 Å².